The highest BCUT2D eigenvalue weighted by atomic mass is 35.5. The molecule has 0 radical (unpaired) electrons. The van der Waals surface area contributed by atoms with Crippen LogP contribution in [-0.2, 0) is 11.3 Å². The molecule has 2 rings (SSSR count). The second kappa shape index (κ2) is 5.55. The summed E-state index contributed by atoms with van der Waals surface area (Å²) in [5.41, 5.74) is 1.14. The number of halogens is 4. The van der Waals surface area contributed by atoms with Gasteiger partial charge in [-0.3, -0.25) is 0 Å². The third-order valence-corrected chi connectivity index (χ3v) is 3.02. The number of aliphatic carboxylic acids is 1. The molecule has 0 spiro atoms. The summed E-state index contributed by atoms with van der Waals surface area (Å²) in [5, 5.41) is 17.8. The molecule has 1 aromatic rings. The predicted octanol–water partition coefficient (Wildman–Crippen LogP) is 2.61. The van der Waals surface area contributed by atoms with Crippen molar-refractivity contribution in [3.8, 4) is 5.75 Å². The monoisotopic (exact) mass is 323 g/mol. The Hall–Kier alpha value is -1.77. The molecule has 9 heteroatoms. The fourth-order valence-corrected chi connectivity index (χ4v) is 2.23. The van der Waals surface area contributed by atoms with E-state index in [1.807, 2.05) is 0 Å². The quantitative estimate of drug-likeness (QED) is 0.745. The van der Waals surface area contributed by atoms with Gasteiger partial charge in [0.2, 0.25) is 6.10 Å². The second-order valence-corrected chi connectivity index (χ2v) is 4.70. The van der Waals surface area contributed by atoms with Crippen molar-refractivity contribution in [2.24, 2.45) is 0 Å². The average Bonchev–Trinajstić information content (AvgIpc) is 2.36. The number of rotatable bonds is 3. The van der Waals surface area contributed by atoms with E-state index in [9.17, 15) is 18.0 Å². The molecule has 0 bridgehead atoms. The van der Waals surface area contributed by atoms with E-state index in [2.05, 4.69) is 0 Å². The van der Waals surface area contributed by atoms with Crippen LogP contribution < -0.4 is 10.2 Å². The maximum Gasteiger partial charge on any atom is 0.430 e. The normalized spacial score (nSPS) is 17.8. The van der Waals surface area contributed by atoms with Crippen molar-refractivity contribution in [2.75, 3.05) is 0 Å². The summed E-state index contributed by atoms with van der Waals surface area (Å²) in [7, 11) is 0. The van der Waals surface area contributed by atoms with Gasteiger partial charge >= 0.3 is 12.1 Å². The first-order valence-electron chi connectivity index (χ1n) is 5.61. The van der Waals surface area contributed by atoms with Crippen LogP contribution in [0.4, 0.5) is 13.2 Å². The fourth-order valence-electron chi connectivity index (χ4n) is 1.98. The van der Waals surface area contributed by atoms with Crippen LogP contribution in [0.25, 0.3) is 6.08 Å². The van der Waals surface area contributed by atoms with Crippen LogP contribution in [0.15, 0.2) is 17.7 Å². The summed E-state index contributed by atoms with van der Waals surface area (Å²) in [6.45, 7) is -0.205. The number of alkyl halides is 3. The molecule has 1 heterocycles. The van der Waals surface area contributed by atoms with Crippen molar-refractivity contribution in [1.29, 1.82) is 0 Å². The van der Waals surface area contributed by atoms with Crippen LogP contribution in [0, 0.1) is 0 Å². The molecule has 1 atom stereocenters. The van der Waals surface area contributed by atoms with Crippen molar-refractivity contribution < 1.29 is 33.0 Å². The number of carboxylic acid groups (broad SMARTS) is 1. The predicted molar refractivity (Wildman–Crippen MR) is 66.2 cm³/mol. The van der Waals surface area contributed by atoms with Gasteiger partial charge in [-0.1, -0.05) is 11.6 Å². The van der Waals surface area contributed by atoms with E-state index in [1.54, 1.807) is 5.48 Å². The zero-order chi connectivity index (χ0) is 15.8. The zero-order valence-corrected chi connectivity index (χ0v) is 11.0. The first-order valence-corrected chi connectivity index (χ1v) is 5.99. The fraction of sp³-hybridized carbons (Fsp3) is 0.250. The van der Waals surface area contributed by atoms with Crippen molar-refractivity contribution in [2.45, 2.75) is 18.8 Å². The standard InChI is InChI=1S/C12H9ClF3NO4/c13-7-1-5-3-8(11(18)19)10(12(14,15)16)21-9(5)6(2-7)4-17-20/h1-3,10,17,20H,4H2,(H,18,19). The van der Waals surface area contributed by atoms with Gasteiger partial charge in [0.15, 0.2) is 0 Å². The summed E-state index contributed by atoms with van der Waals surface area (Å²) in [5.74, 6) is -1.90. The van der Waals surface area contributed by atoms with E-state index in [0.29, 0.717) is 0 Å². The summed E-state index contributed by atoms with van der Waals surface area (Å²) in [6.07, 6.45) is -6.60. The van der Waals surface area contributed by atoms with Gasteiger partial charge in [0, 0.05) is 22.7 Å². The lowest BCUT2D eigenvalue weighted by atomic mass is 9.99. The van der Waals surface area contributed by atoms with Crippen LogP contribution in [0.2, 0.25) is 5.02 Å². The van der Waals surface area contributed by atoms with E-state index in [0.717, 1.165) is 6.08 Å². The van der Waals surface area contributed by atoms with Gasteiger partial charge in [-0.25, -0.2) is 10.3 Å². The van der Waals surface area contributed by atoms with E-state index < -0.39 is 23.8 Å². The molecule has 0 amide bonds. The number of carbonyl (C=O) groups is 1. The molecular weight excluding hydrogens is 315 g/mol. The Labute approximate surface area is 121 Å². The third kappa shape index (κ3) is 3.12. The van der Waals surface area contributed by atoms with Gasteiger partial charge < -0.3 is 15.1 Å². The van der Waals surface area contributed by atoms with E-state index >= 15 is 0 Å². The number of hydroxylamine groups is 1. The van der Waals surface area contributed by atoms with Crippen molar-refractivity contribution in [1.82, 2.24) is 5.48 Å². The Kier molecular flexibility index (Phi) is 4.13. The largest absolute Gasteiger partial charge is 0.478 e. The average molecular weight is 324 g/mol. The van der Waals surface area contributed by atoms with Gasteiger partial charge in [0.1, 0.15) is 5.75 Å². The molecular formula is C12H9ClF3NO4. The molecule has 114 valence electrons. The number of nitrogens with one attached hydrogen (secondary N) is 1. The molecule has 0 fully saturated rings. The third-order valence-electron chi connectivity index (χ3n) is 2.80. The maximum absolute atomic E-state index is 12.9. The Morgan fingerprint density at radius 2 is 2.10 bits per heavy atom. The molecule has 5 nitrogen and oxygen atoms in total. The molecule has 21 heavy (non-hydrogen) atoms. The molecule has 1 aliphatic rings. The lowest BCUT2D eigenvalue weighted by Gasteiger charge is -2.28. The van der Waals surface area contributed by atoms with E-state index in [1.165, 1.54) is 12.1 Å². The van der Waals surface area contributed by atoms with Crippen LogP contribution >= 0.6 is 11.6 Å². The molecule has 0 saturated heterocycles. The van der Waals surface area contributed by atoms with Gasteiger partial charge in [-0.2, -0.15) is 13.2 Å². The molecule has 0 aromatic heterocycles. The summed E-state index contributed by atoms with van der Waals surface area (Å²) in [4.78, 5) is 11.0. The Bertz CT molecular complexity index is 615. The number of hydrogen-bond donors (Lipinski definition) is 3. The lowest BCUT2D eigenvalue weighted by Crippen LogP contribution is -2.40. The van der Waals surface area contributed by atoms with Crippen LogP contribution in [0.3, 0.4) is 0 Å². The van der Waals surface area contributed by atoms with Gasteiger partial charge in [0.25, 0.3) is 0 Å². The first-order chi connectivity index (χ1) is 9.74. The van der Waals surface area contributed by atoms with Crippen LogP contribution in [0.1, 0.15) is 11.1 Å². The number of fused-ring (bicyclic) bond motifs is 1. The summed E-state index contributed by atoms with van der Waals surface area (Å²) >= 11 is 5.81. The highest BCUT2D eigenvalue weighted by molar-refractivity contribution is 6.30. The molecule has 1 unspecified atom stereocenters. The number of hydrogen-bond acceptors (Lipinski definition) is 4. The lowest BCUT2D eigenvalue weighted by molar-refractivity contribution is -0.187. The van der Waals surface area contributed by atoms with Crippen molar-refractivity contribution >= 4 is 23.6 Å². The van der Waals surface area contributed by atoms with Crippen molar-refractivity contribution in [3.05, 3.63) is 33.9 Å². The van der Waals surface area contributed by atoms with Gasteiger partial charge in [-0.05, 0) is 18.2 Å². The van der Waals surface area contributed by atoms with Crippen LogP contribution in [-0.4, -0.2) is 28.6 Å². The summed E-state index contributed by atoms with van der Waals surface area (Å²) in [6, 6.07) is 2.60. The molecule has 0 aliphatic carbocycles. The number of ether oxygens (including phenoxy) is 1. The van der Waals surface area contributed by atoms with Gasteiger partial charge in [0.05, 0.1) is 5.57 Å². The summed E-state index contributed by atoms with van der Waals surface area (Å²) < 4.78 is 43.6. The Balaban J connectivity index is 2.60. The number of benzene rings is 1. The minimum atomic E-state index is -4.88. The van der Waals surface area contributed by atoms with Gasteiger partial charge in [-0.15, -0.1) is 0 Å². The molecule has 0 saturated carbocycles. The Morgan fingerprint density at radius 3 is 2.62 bits per heavy atom. The molecule has 1 aliphatic heterocycles. The second-order valence-electron chi connectivity index (χ2n) is 4.26. The zero-order valence-electron chi connectivity index (χ0n) is 10.2. The molecule has 1 aromatic carbocycles. The van der Waals surface area contributed by atoms with E-state index in [-0.39, 0.29) is 28.4 Å². The number of carboxylic acids is 1. The smallest absolute Gasteiger partial charge is 0.430 e. The minimum absolute atomic E-state index is 0.102. The first kappa shape index (κ1) is 15.6. The maximum atomic E-state index is 12.9. The Morgan fingerprint density at radius 1 is 1.43 bits per heavy atom. The molecule has 3 N–H and O–H groups in total. The topological polar surface area (TPSA) is 78.8 Å². The van der Waals surface area contributed by atoms with E-state index in [4.69, 9.17) is 26.7 Å². The minimum Gasteiger partial charge on any atom is -0.478 e. The highest BCUT2D eigenvalue weighted by Gasteiger charge is 2.48. The highest BCUT2D eigenvalue weighted by Crippen LogP contribution is 2.40. The van der Waals surface area contributed by atoms with Crippen molar-refractivity contribution in [3.63, 3.8) is 0 Å². The SMILES string of the molecule is O=C(O)C1=Cc2cc(Cl)cc(CNO)c2OC1C(F)(F)F. The van der Waals surface area contributed by atoms with Crippen LogP contribution in [0.5, 0.6) is 5.75 Å².